The highest BCUT2D eigenvalue weighted by atomic mass is 16.5. The molecule has 25 heavy (non-hydrogen) atoms. The number of nitrogens with zero attached hydrogens (tertiary/aromatic N) is 1. The quantitative estimate of drug-likeness (QED) is 0.769. The summed E-state index contributed by atoms with van der Waals surface area (Å²) >= 11 is 0. The van der Waals surface area contributed by atoms with E-state index in [0.29, 0.717) is 23.0 Å². The maximum atomic E-state index is 12.2. The van der Waals surface area contributed by atoms with Gasteiger partial charge in [0.2, 0.25) is 0 Å². The summed E-state index contributed by atoms with van der Waals surface area (Å²) in [7, 11) is 3.27. The van der Waals surface area contributed by atoms with Gasteiger partial charge in [0.25, 0.3) is 5.56 Å². The van der Waals surface area contributed by atoms with Gasteiger partial charge in [0.1, 0.15) is 5.75 Å². The minimum absolute atomic E-state index is 0.0974. The van der Waals surface area contributed by atoms with Gasteiger partial charge in [-0.3, -0.25) is 4.79 Å². The molecule has 128 valence electrons. The molecule has 0 unspecified atom stereocenters. The molecule has 3 aromatic rings. The summed E-state index contributed by atoms with van der Waals surface area (Å²) in [5.74, 6) is 0.768. The van der Waals surface area contributed by atoms with E-state index in [4.69, 9.17) is 4.74 Å². The lowest BCUT2D eigenvalue weighted by Crippen LogP contribution is -2.29. The van der Waals surface area contributed by atoms with E-state index in [1.807, 2.05) is 36.4 Å². The van der Waals surface area contributed by atoms with Gasteiger partial charge in [0.15, 0.2) is 0 Å². The Bertz CT molecular complexity index is 962. The molecular weight excluding hydrogens is 318 g/mol. The zero-order valence-corrected chi connectivity index (χ0v) is 14.1. The van der Waals surface area contributed by atoms with Crippen molar-refractivity contribution < 1.29 is 9.53 Å². The number of nitrogens with one attached hydrogen (secondary N) is 2. The number of hydrogen-bond acceptors (Lipinski definition) is 3. The SMILES string of the molecule is COc1ccc(CNC(=O)Nc2cn(C)c(=O)c3ccccc23)cc1. The molecule has 0 atom stereocenters. The second kappa shape index (κ2) is 7.09. The third-order valence-electron chi connectivity index (χ3n) is 3.95. The average molecular weight is 337 g/mol. The van der Waals surface area contributed by atoms with Crippen molar-refractivity contribution in [3.63, 3.8) is 0 Å². The number of benzene rings is 2. The van der Waals surface area contributed by atoms with Crippen molar-refractivity contribution in [2.45, 2.75) is 6.54 Å². The number of carbonyl (C=O) groups excluding carboxylic acids is 1. The molecule has 0 bridgehead atoms. The molecule has 3 rings (SSSR count). The maximum Gasteiger partial charge on any atom is 0.319 e. The van der Waals surface area contributed by atoms with Gasteiger partial charge in [0, 0.05) is 30.6 Å². The lowest BCUT2D eigenvalue weighted by Gasteiger charge is -2.12. The molecule has 1 heterocycles. The van der Waals surface area contributed by atoms with Gasteiger partial charge in [-0.15, -0.1) is 0 Å². The number of fused-ring (bicyclic) bond motifs is 1. The van der Waals surface area contributed by atoms with Crippen LogP contribution in [0.3, 0.4) is 0 Å². The number of anilines is 1. The second-order valence-corrected chi connectivity index (χ2v) is 5.66. The van der Waals surface area contributed by atoms with E-state index < -0.39 is 0 Å². The minimum Gasteiger partial charge on any atom is -0.497 e. The predicted octanol–water partition coefficient (Wildman–Crippen LogP) is 2.87. The lowest BCUT2D eigenvalue weighted by molar-refractivity contribution is 0.252. The van der Waals surface area contributed by atoms with Crippen molar-refractivity contribution in [2.24, 2.45) is 7.05 Å². The summed E-state index contributed by atoms with van der Waals surface area (Å²) in [6.07, 6.45) is 1.62. The van der Waals surface area contributed by atoms with Crippen LogP contribution in [-0.2, 0) is 13.6 Å². The van der Waals surface area contributed by atoms with Crippen LogP contribution in [0.15, 0.2) is 59.5 Å². The molecule has 2 N–H and O–H groups in total. The van der Waals surface area contributed by atoms with E-state index in [1.165, 1.54) is 4.57 Å². The van der Waals surface area contributed by atoms with Crippen LogP contribution in [0.2, 0.25) is 0 Å². The normalized spacial score (nSPS) is 10.5. The first-order chi connectivity index (χ1) is 12.1. The van der Waals surface area contributed by atoms with E-state index in [1.54, 1.807) is 32.5 Å². The number of pyridine rings is 1. The Balaban J connectivity index is 1.73. The molecule has 0 saturated carbocycles. The Kier molecular flexibility index (Phi) is 4.70. The molecule has 0 aliphatic rings. The zero-order chi connectivity index (χ0) is 17.8. The van der Waals surface area contributed by atoms with E-state index >= 15 is 0 Å². The number of aromatic nitrogens is 1. The van der Waals surface area contributed by atoms with E-state index in [-0.39, 0.29) is 11.6 Å². The van der Waals surface area contributed by atoms with Crippen LogP contribution < -0.4 is 20.9 Å². The summed E-state index contributed by atoms with van der Waals surface area (Å²) in [4.78, 5) is 24.4. The van der Waals surface area contributed by atoms with Crippen LogP contribution in [0.4, 0.5) is 10.5 Å². The molecule has 0 saturated heterocycles. The second-order valence-electron chi connectivity index (χ2n) is 5.66. The first-order valence-corrected chi connectivity index (χ1v) is 7.84. The molecule has 6 nitrogen and oxygen atoms in total. The number of ether oxygens (including phenoxy) is 1. The van der Waals surface area contributed by atoms with E-state index in [2.05, 4.69) is 10.6 Å². The van der Waals surface area contributed by atoms with Crippen LogP contribution in [0.25, 0.3) is 10.8 Å². The summed E-state index contributed by atoms with van der Waals surface area (Å²) in [6, 6.07) is 14.3. The Morgan fingerprint density at radius 3 is 2.44 bits per heavy atom. The molecular formula is C19H19N3O3. The van der Waals surface area contributed by atoms with Crippen molar-refractivity contribution in [1.82, 2.24) is 9.88 Å². The largest absolute Gasteiger partial charge is 0.497 e. The number of amides is 2. The molecule has 2 aromatic carbocycles. The van der Waals surface area contributed by atoms with Crippen molar-refractivity contribution in [1.29, 1.82) is 0 Å². The van der Waals surface area contributed by atoms with Crippen LogP contribution in [0.5, 0.6) is 5.75 Å². The average Bonchev–Trinajstić information content (AvgIpc) is 2.64. The van der Waals surface area contributed by atoms with Crippen LogP contribution in [0.1, 0.15) is 5.56 Å². The fraction of sp³-hybridized carbons (Fsp3) is 0.158. The van der Waals surface area contributed by atoms with Gasteiger partial charge in [-0.1, -0.05) is 30.3 Å². The van der Waals surface area contributed by atoms with Crippen molar-refractivity contribution in [3.8, 4) is 5.75 Å². The topological polar surface area (TPSA) is 72.4 Å². The molecule has 0 aliphatic heterocycles. The van der Waals surface area contributed by atoms with Gasteiger partial charge in [-0.05, 0) is 23.8 Å². The van der Waals surface area contributed by atoms with Crippen molar-refractivity contribution in [3.05, 3.63) is 70.6 Å². The maximum absolute atomic E-state index is 12.2. The fourth-order valence-electron chi connectivity index (χ4n) is 2.61. The van der Waals surface area contributed by atoms with Gasteiger partial charge in [-0.2, -0.15) is 0 Å². The predicted molar refractivity (Wildman–Crippen MR) is 98.0 cm³/mol. The van der Waals surface area contributed by atoms with Gasteiger partial charge >= 0.3 is 6.03 Å². The highest BCUT2D eigenvalue weighted by Crippen LogP contribution is 2.20. The van der Waals surface area contributed by atoms with Crippen LogP contribution in [-0.4, -0.2) is 17.7 Å². The van der Waals surface area contributed by atoms with Gasteiger partial charge in [0.05, 0.1) is 12.8 Å². The van der Waals surface area contributed by atoms with E-state index in [0.717, 1.165) is 11.3 Å². The highest BCUT2D eigenvalue weighted by Gasteiger charge is 2.09. The molecule has 0 aliphatic carbocycles. The number of methoxy groups -OCH3 is 1. The zero-order valence-electron chi connectivity index (χ0n) is 14.1. The molecule has 1 aromatic heterocycles. The Labute approximate surface area is 145 Å². The van der Waals surface area contributed by atoms with Crippen molar-refractivity contribution >= 4 is 22.5 Å². The van der Waals surface area contributed by atoms with E-state index in [9.17, 15) is 9.59 Å². The van der Waals surface area contributed by atoms with Gasteiger partial charge < -0.3 is 19.9 Å². The third kappa shape index (κ3) is 3.63. The standard InChI is InChI=1S/C19H19N3O3/c1-22-12-17(15-5-3-4-6-16(15)18(22)23)21-19(24)20-11-13-7-9-14(25-2)10-8-13/h3-10,12H,11H2,1-2H3,(H2,20,21,24). The minimum atomic E-state index is -0.334. The smallest absolute Gasteiger partial charge is 0.319 e. The Morgan fingerprint density at radius 2 is 1.76 bits per heavy atom. The van der Waals surface area contributed by atoms with Crippen molar-refractivity contribution in [2.75, 3.05) is 12.4 Å². The number of aryl methyl sites for hydroxylation is 1. The Morgan fingerprint density at radius 1 is 1.08 bits per heavy atom. The number of urea groups is 1. The van der Waals surface area contributed by atoms with Crippen LogP contribution in [0, 0.1) is 0 Å². The van der Waals surface area contributed by atoms with Crippen LogP contribution >= 0.6 is 0 Å². The summed E-state index contributed by atoms with van der Waals surface area (Å²) in [6.45, 7) is 0.388. The molecule has 0 radical (unpaired) electrons. The third-order valence-corrected chi connectivity index (χ3v) is 3.95. The first kappa shape index (κ1) is 16.6. The molecule has 0 spiro atoms. The number of rotatable bonds is 4. The first-order valence-electron chi connectivity index (χ1n) is 7.84. The number of carbonyl (C=O) groups is 1. The lowest BCUT2D eigenvalue weighted by atomic mass is 10.1. The summed E-state index contributed by atoms with van der Waals surface area (Å²) in [5, 5.41) is 6.90. The monoisotopic (exact) mass is 337 g/mol. The summed E-state index contributed by atoms with van der Waals surface area (Å²) < 4.78 is 6.57. The fourth-order valence-corrected chi connectivity index (χ4v) is 2.61. The summed E-state index contributed by atoms with van der Waals surface area (Å²) in [5.41, 5.74) is 1.45. The number of hydrogen-bond donors (Lipinski definition) is 2. The molecule has 2 amide bonds. The molecule has 0 fully saturated rings. The molecule has 6 heteroatoms. The Hall–Kier alpha value is -3.28. The van der Waals surface area contributed by atoms with Gasteiger partial charge in [-0.25, -0.2) is 4.79 Å². The highest BCUT2D eigenvalue weighted by molar-refractivity contribution is 6.00.